The molecule has 9 heteroatoms. The van der Waals surface area contributed by atoms with Crippen LogP contribution in [0.25, 0.3) is 0 Å². The van der Waals surface area contributed by atoms with E-state index >= 15 is 0 Å². The van der Waals surface area contributed by atoms with Crippen LogP contribution in [0.4, 0.5) is 4.79 Å². The van der Waals surface area contributed by atoms with Crippen LogP contribution in [-0.2, 0) is 4.74 Å². The quantitative estimate of drug-likeness (QED) is 0.245. The normalized spacial score (nSPS) is 34.2. The van der Waals surface area contributed by atoms with E-state index in [2.05, 4.69) is 20.1 Å². The van der Waals surface area contributed by atoms with E-state index in [0.29, 0.717) is 29.9 Å². The molecule has 4 aliphatic rings. The number of hydrogen-bond donors (Lipinski definition) is 2. The van der Waals surface area contributed by atoms with Crippen molar-refractivity contribution in [2.75, 3.05) is 39.3 Å². The fraction of sp³-hybridized carbons (Fsp3) is 0.900. The summed E-state index contributed by atoms with van der Waals surface area (Å²) in [5.41, 5.74) is 0.330. The fourth-order valence-corrected chi connectivity index (χ4v) is 6.07. The highest BCUT2D eigenvalue weighted by molar-refractivity contribution is 5.85. The molecule has 0 aromatic heterocycles. The number of rotatable bonds is 4. The van der Waals surface area contributed by atoms with Crippen LogP contribution in [-0.4, -0.2) is 84.1 Å². The molecule has 0 radical (unpaired) electrons. The summed E-state index contributed by atoms with van der Waals surface area (Å²) in [5, 5.41) is 15.2. The molecule has 3 heterocycles. The number of ether oxygens (including phenoxy) is 1. The van der Waals surface area contributed by atoms with Crippen LogP contribution in [0.15, 0.2) is 10.3 Å². The van der Waals surface area contributed by atoms with Crippen LogP contribution in [0.2, 0.25) is 0 Å². The summed E-state index contributed by atoms with van der Waals surface area (Å²) >= 11 is 0. The lowest BCUT2D eigenvalue weighted by Crippen LogP contribution is -2.56. The van der Waals surface area contributed by atoms with Gasteiger partial charge in [-0.25, -0.2) is 4.79 Å². The Morgan fingerprint density at radius 3 is 2.62 bits per heavy atom. The molecule has 162 valence electrons. The summed E-state index contributed by atoms with van der Waals surface area (Å²) in [5.74, 6) is 5.45. The van der Waals surface area contributed by atoms with Gasteiger partial charge in [0.1, 0.15) is 0 Å². The Labute approximate surface area is 173 Å². The molecule has 29 heavy (non-hydrogen) atoms. The molecule has 1 unspecified atom stereocenters. The predicted molar refractivity (Wildman–Crippen MR) is 110 cm³/mol. The monoisotopic (exact) mass is 405 g/mol. The maximum atomic E-state index is 12.0. The number of carbonyl (C=O) groups excluding carboxylic acids is 1. The lowest BCUT2D eigenvalue weighted by molar-refractivity contribution is -0.0154. The topological polar surface area (TPSA) is 111 Å². The fourth-order valence-electron chi connectivity index (χ4n) is 6.07. The van der Waals surface area contributed by atoms with Crippen molar-refractivity contribution in [1.82, 2.24) is 14.7 Å². The first-order valence-corrected chi connectivity index (χ1v) is 11.2. The summed E-state index contributed by atoms with van der Waals surface area (Å²) in [6.45, 7) is 7.33. The number of nitrogens with zero attached hydrogens (tertiary/aromatic N) is 5. The van der Waals surface area contributed by atoms with Crippen molar-refractivity contribution in [3.8, 4) is 0 Å². The molecule has 0 aromatic rings. The Hall–Kier alpha value is -1.74. The summed E-state index contributed by atoms with van der Waals surface area (Å²) in [4.78, 5) is 19.0. The van der Waals surface area contributed by atoms with Gasteiger partial charge in [-0.2, -0.15) is 0 Å². The maximum Gasteiger partial charge on any atom is 0.409 e. The van der Waals surface area contributed by atoms with Gasteiger partial charge >= 0.3 is 6.09 Å². The van der Waals surface area contributed by atoms with Gasteiger partial charge in [0, 0.05) is 25.2 Å². The highest BCUT2D eigenvalue weighted by Gasteiger charge is 2.51. The third-order valence-electron chi connectivity index (χ3n) is 7.56. The molecule has 3 saturated heterocycles. The third kappa shape index (κ3) is 4.12. The van der Waals surface area contributed by atoms with Gasteiger partial charge in [0.2, 0.25) is 0 Å². The number of carbonyl (C=O) groups is 1. The van der Waals surface area contributed by atoms with E-state index in [0.717, 1.165) is 64.8 Å². The van der Waals surface area contributed by atoms with Gasteiger partial charge < -0.3 is 20.4 Å². The molecule has 0 aromatic carbocycles. The minimum atomic E-state index is -0.145. The smallest absolute Gasteiger partial charge is 0.409 e. The molecular formula is C20H35N7O2. The van der Waals surface area contributed by atoms with Crippen LogP contribution in [0.1, 0.15) is 51.9 Å². The lowest BCUT2D eigenvalue weighted by Gasteiger charge is -2.52. The van der Waals surface area contributed by atoms with Gasteiger partial charge in [-0.15, -0.1) is 5.11 Å². The first-order chi connectivity index (χ1) is 14.0. The minimum Gasteiger partial charge on any atom is -0.450 e. The van der Waals surface area contributed by atoms with Gasteiger partial charge in [-0.1, -0.05) is 5.22 Å². The molecule has 1 amide bonds. The zero-order valence-electron chi connectivity index (χ0n) is 17.6. The molecule has 1 aliphatic carbocycles. The maximum absolute atomic E-state index is 12.0. The van der Waals surface area contributed by atoms with Crippen molar-refractivity contribution in [2.24, 2.45) is 21.6 Å². The van der Waals surface area contributed by atoms with Crippen molar-refractivity contribution in [3.63, 3.8) is 0 Å². The molecule has 4 fully saturated rings. The molecule has 1 saturated carbocycles. The first kappa shape index (κ1) is 20.5. The number of nitrogens with two attached hydrogens (primary N) is 1. The van der Waals surface area contributed by atoms with Gasteiger partial charge in [0.15, 0.2) is 5.84 Å². The van der Waals surface area contributed by atoms with Crippen LogP contribution in [0, 0.1) is 10.8 Å². The molecule has 4 rings (SSSR count). The Morgan fingerprint density at radius 2 is 1.93 bits per heavy atom. The Bertz CT molecular complexity index is 641. The summed E-state index contributed by atoms with van der Waals surface area (Å²) in [6.07, 6.45) is 7.81. The van der Waals surface area contributed by atoms with Crippen molar-refractivity contribution < 1.29 is 9.53 Å². The van der Waals surface area contributed by atoms with Gasteiger partial charge in [-0.3, -0.25) is 10.3 Å². The van der Waals surface area contributed by atoms with Gasteiger partial charge in [0.05, 0.1) is 12.6 Å². The number of hydrogen-bond acceptors (Lipinski definition) is 6. The Kier molecular flexibility index (Phi) is 6.06. The average Bonchev–Trinajstić information content (AvgIpc) is 3.35. The van der Waals surface area contributed by atoms with Crippen LogP contribution < -0.4 is 5.84 Å². The SMILES string of the molecule is CCOC(=O)N1CCC2(CC(N3CCC(N4CCCC4C(=N)N=NN)CC3)C2)C1. The minimum absolute atomic E-state index is 0.0816. The van der Waals surface area contributed by atoms with E-state index in [1.807, 2.05) is 11.8 Å². The number of nitrogens with one attached hydrogen (secondary N) is 1. The Balaban J connectivity index is 1.23. The standard InChI is InChI=1S/C20H35N7O2/c1-2-29-19(28)26-11-7-20(14-26)12-16(13-20)25-9-5-15(6-10-25)27-8-3-4-17(27)18(21)23-24-22/h15-17H,2-14H2,1H3,(H3,21,22,23). The molecule has 3 aliphatic heterocycles. The van der Waals surface area contributed by atoms with Crippen molar-refractivity contribution in [2.45, 2.75) is 70.0 Å². The first-order valence-electron chi connectivity index (χ1n) is 11.2. The summed E-state index contributed by atoms with van der Waals surface area (Å²) < 4.78 is 5.17. The second-order valence-corrected chi connectivity index (χ2v) is 9.20. The molecule has 9 nitrogen and oxygen atoms in total. The number of piperidine rings is 1. The average molecular weight is 406 g/mol. The van der Waals surface area contributed by atoms with E-state index in [-0.39, 0.29) is 12.1 Å². The zero-order valence-corrected chi connectivity index (χ0v) is 17.6. The van der Waals surface area contributed by atoms with Gasteiger partial charge in [-0.05, 0) is 76.9 Å². The molecule has 0 bridgehead atoms. The van der Waals surface area contributed by atoms with Crippen molar-refractivity contribution in [1.29, 1.82) is 5.41 Å². The van der Waals surface area contributed by atoms with E-state index in [1.165, 1.54) is 12.8 Å². The largest absolute Gasteiger partial charge is 0.450 e. The number of amides is 1. The molecule has 1 spiro atoms. The Morgan fingerprint density at radius 1 is 1.17 bits per heavy atom. The molecule has 3 N–H and O–H groups in total. The second kappa shape index (κ2) is 8.55. The highest BCUT2D eigenvalue weighted by Crippen LogP contribution is 2.50. The third-order valence-corrected chi connectivity index (χ3v) is 7.56. The highest BCUT2D eigenvalue weighted by atomic mass is 16.6. The van der Waals surface area contributed by atoms with E-state index in [9.17, 15) is 4.79 Å². The number of likely N-dealkylation sites (tertiary alicyclic amines) is 3. The van der Waals surface area contributed by atoms with Crippen molar-refractivity contribution >= 4 is 11.9 Å². The lowest BCUT2D eigenvalue weighted by atomic mass is 9.64. The van der Waals surface area contributed by atoms with Gasteiger partial charge in [0.25, 0.3) is 0 Å². The summed E-state index contributed by atoms with van der Waals surface area (Å²) in [6, 6.07) is 1.28. The van der Waals surface area contributed by atoms with Crippen LogP contribution in [0.5, 0.6) is 0 Å². The molecule has 1 atom stereocenters. The van der Waals surface area contributed by atoms with E-state index in [1.54, 1.807) is 0 Å². The van der Waals surface area contributed by atoms with Crippen LogP contribution in [0.3, 0.4) is 0 Å². The van der Waals surface area contributed by atoms with Crippen molar-refractivity contribution in [3.05, 3.63) is 0 Å². The summed E-state index contributed by atoms with van der Waals surface area (Å²) in [7, 11) is 0. The predicted octanol–water partition coefficient (Wildman–Crippen LogP) is 2.23. The number of amidine groups is 1. The van der Waals surface area contributed by atoms with E-state index < -0.39 is 0 Å². The molecular weight excluding hydrogens is 370 g/mol. The zero-order chi connectivity index (χ0) is 20.4. The van der Waals surface area contributed by atoms with E-state index in [4.69, 9.17) is 16.0 Å². The van der Waals surface area contributed by atoms with Crippen LogP contribution >= 0.6 is 0 Å². The second-order valence-electron chi connectivity index (χ2n) is 9.20.